The number of nitrogens with zero attached hydrogens (tertiary/aromatic N) is 2. The predicted molar refractivity (Wildman–Crippen MR) is 53.7 cm³/mol. The van der Waals surface area contributed by atoms with Crippen LogP contribution >= 0.6 is 12.2 Å². The van der Waals surface area contributed by atoms with E-state index >= 15 is 0 Å². The molecule has 0 aromatic heterocycles. The average Bonchev–Trinajstić information content (AvgIpc) is 2.05. The topological polar surface area (TPSA) is 6.48 Å². The molecule has 5 heteroatoms. The molecule has 0 aromatic carbocycles. The summed E-state index contributed by atoms with van der Waals surface area (Å²) in [6, 6.07) is 0. The van der Waals surface area contributed by atoms with Crippen molar-refractivity contribution in [3.05, 3.63) is 0 Å². The van der Waals surface area contributed by atoms with Crippen LogP contribution in [0, 0.1) is 0 Å². The predicted octanol–water partition coefficient (Wildman–Crippen LogP) is -2.54. The summed E-state index contributed by atoms with van der Waals surface area (Å²) in [5.41, 5.74) is 0. The Balaban J connectivity index is 0.00000121. The summed E-state index contributed by atoms with van der Waals surface area (Å²) in [5.74, 6) is 0. The van der Waals surface area contributed by atoms with Gasteiger partial charge in [0, 0.05) is 26.2 Å². The molecule has 0 amide bonds. The minimum atomic E-state index is 0. The second-order valence-electron chi connectivity index (χ2n) is 2.69. The Morgan fingerprint density at radius 3 is 2.17 bits per heavy atom. The molecule has 1 aliphatic rings. The summed E-state index contributed by atoms with van der Waals surface area (Å²) in [4.78, 5) is 4.50. The Hall–Kier alpha value is 1.07. The van der Waals surface area contributed by atoms with Gasteiger partial charge in [-0.2, -0.15) is 0 Å². The second kappa shape index (κ2) is 6.51. The Kier molecular flexibility index (Phi) is 7.09. The number of likely N-dealkylation sites (N-methyl/N-ethyl adjacent to an activating group) is 1. The first-order chi connectivity index (χ1) is 5.24. The van der Waals surface area contributed by atoms with Crippen molar-refractivity contribution >= 4 is 29.2 Å². The van der Waals surface area contributed by atoms with E-state index in [-0.39, 0.29) is 29.6 Å². The van der Waals surface area contributed by atoms with Crippen LogP contribution in [0.5, 0.6) is 0 Å². The molecule has 1 heterocycles. The molecular formula is C7H13N2NaS2. The van der Waals surface area contributed by atoms with E-state index in [9.17, 15) is 0 Å². The molecule has 0 aromatic rings. The smallest absolute Gasteiger partial charge is 0.411 e. The maximum atomic E-state index is 4.91. The van der Waals surface area contributed by atoms with Crippen molar-refractivity contribution in [2.45, 2.75) is 6.92 Å². The van der Waals surface area contributed by atoms with Crippen molar-refractivity contribution in [1.82, 2.24) is 9.80 Å². The molecule has 0 radical (unpaired) electrons. The number of piperazine rings is 1. The van der Waals surface area contributed by atoms with Gasteiger partial charge >= 0.3 is 29.6 Å². The van der Waals surface area contributed by atoms with E-state index in [2.05, 4.69) is 16.7 Å². The van der Waals surface area contributed by atoms with Crippen LogP contribution in [0.1, 0.15) is 6.92 Å². The number of hydrogen-bond acceptors (Lipinski definition) is 3. The number of hydrogen-bond donors (Lipinski definition) is 0. The fourth-order valence-electron chi connectivity index (χ4n) is 1.25. The van der Waals surface area contributed by atoms with Gasteiger partial charge in [0.1, 0.15) is 0 Å². The van der Waals surface area contributed by atoms with Gasteiger partial charge in [0.05, 0.1) is 0 Å². The van der Waals surface area contributed by atoms with E-state index in [0.717, 1.165) is 32.7 Å². The molecule has 0 N–H and O–H groups in total. The van der Waals surface area contributed by atoms with Crippen molar-refractivity contribution in [2.24, 2.45) is 0 Å². The molecule has 0 unspecified atom stereocenters. The largest absolute Gasteiger partial charge is 1.00 e. The monoisotopic (exact) mass is 212 g/mol. The second-order valence-corrected chi connectivity index (χ2v) is 3.72. The summed E-state index contributed by atoms with van der Waals surface area (Å²) >= 11 is 9.83. The summed E-state index contributed by atoms with van der Waals surface area (Å²) in [6.07, 6.45) is 0. The summed E-state index contributed by atoms with van der Waals surface area (Å²) < 4.78 is 0.626. The molecule has 1 aliphatic heterocycles. The third-order valence-electron chi connectivity index (χ3n) is 2.08. The van der Waals surface area contributed by atoms with E-state index in [1.54, 1.807) is 0 Å². The quantitative estimate of drug-likeness (QED) is 0.268. The molecule has 1 rings (SSSR count). The molecular weight excluding hydrogens is 199 g/mol. The first-order valence-corrected chi connectivity index (χ1v) is 4.74. The zero-order chi connectivity index (χ0) is 8.27. The van der Waals surface area contributed by atoms with Crippen molar-refractivity contribution in [1.29, 1.82) is 0 Å². The Morgan fingerprint density at radius 2 is 1.83 bits per heavy atom. The fraction of sp³-hybridized carbons (Fsp3) is 0.857. The van der Waals surface area contributed by atoms with Crippen LogP contribution in [0.3, 0.4) is 0 Å². The van der Waals surface area contributed by atoms with Gasteiger partial charge in [0.2, 0.25) is 0 Å². The van der Waals surface area contributed by atoms with Crippen LogP contribution < -0.4 is 29.6 Å². The fourth-order valence-corrected chi connectivity index (χ4v) is 1.61. The normalized spacial score (nSPS) is 18.6. The summed E-state index contributed by atoms with van der Waals surface area (Å²) in [5, 5.41) is 0. The van der Waals surface area contributed by atoms with Crippen molar-refractivity contribution in [3.8, 4) is 0 Å². The van der Waals surface area contributed by atoms with E-state index in [4.69, 9.17) is 24.8 Å². The average molecular weight is 212 g/mol. The first-order valence-electron chi connectivity index (χ1n) is 3.92. The van der Waals surface area contributed by atoms with Gasteiger partial charge in [-0.25, -0.2) is 0 Å². The summed E-state index contributed by atoms with van der Waals surface area (Å²) in [7, 11) is 0. The molecule has 2 nitrogen and oxygen atoms in total. The molecule has 0 aliphatic carbocycles. The van der Waals surface area contributed by atoms with Crippen molar-refractivity contribution in [3.63, 3.8) is 0 Å². The van der Waals surface area contributed by atoms with Crippen LogP contribution in [-0.4, -0.2) is 46.8 Å². The number of rotatable bonds is 1. The van der Waals surface area contributed by atoms with E-state index in [1.807, 2.05) is 0 Å². The Labute approximate surface area is 107 Å². The third kappa shape index (κ3) is 3.85. The van der Waals surface area contributed by atoms with E-state index in [1.165, 1.54) is 0 Å². The van der Waals surface area contributed by atoms with Gasteiger partial charge in [-0.3, -0.25) is 0 Å². The minimum absolute atomic E-state index is 0. The van der Waals surface area contributed by atoms with Crippen molar-refractivity contribution < 1.29 is 29.6 Å². The van der Waals surface area contributed by atoms with E-state index < -0.39 is 0 Å². The van der Waals surface area contributed by atoms with Crippen LogP contribution in [0.25, 0.3) is 0 Å². The maximum absolute atomic E-state index is 4.91. The first kappa shape index (κ1) is 13.1. The van der Waals surface area contributed by atoms with Gasteiger partial charge in [0.15, 0.2) is 0 Å². The SMILES string of the molecule is CCN1CCN(C(=S)[S-])CC1.[Na+]. The van der Waals surface area contributed by atoms with Gasteiger partial charge in [-0.05, 0) is 6.54 Å². The third-order valence-corrected chi connectivity index (χ3v) is 2.59. The maximum Gasteiger partial charge on any atom is 1.00 e. The zero-order valence-corrected chi connectivity index (χ0v) is 11.4. The molecule has 0 saturated carbocycles. The van der Waals surface area contributed by atoms with Gasteiger partial charge in [-0.1, -0.05) is 11.2 Å². The van der Waals surface area contributed by atoms with E-state index in [0.29, 0.717) is 4.32 Å². The van der Waals surface area contributed by atoms with Crippen LogP contribution in [0.15, 0.2) is 0 Å². The van der Waals surface area contributed by atoms with Crippen LogP contribution in [-0.2, 0) is 12.6 Å². The van der Waals surface area contributed by atoms with Gasteiger partial charge in [0.25, 0.3) is 0 Å². The zero-order valence-electron chi connectivity index (χ0n) is 7.75. The standard InChI is InChI=1S/C7H14N2S2.Na/c1-2-8-3-5-9(6-4-8)7(10)11;/h2-6H2,1H3,(H,10,11);/q;+1/p-1. The molecule has 1 saturated heterocycles. The molecule has 64 valence electrons. The Morgan fingerprint density at radius 1 is 1.33 bits per heavy atom. The van der Waals surface area contributed by atoms with Gasteiger partial charge < -0.3 is 34.6 Å². The molecule has 0 bridgehead atoms. The summed E-state index contributed by atoms with van der Waals surface area (Å²) in [6.45, 7) is 7.55. The number of thiocarbonyl (C=S) groups is 1. The van der Waals surface area contributed by atoms with Gasteiger partial charge in [-0.15, -0.1) is 0 Å². The van der Waals surface area contributed by atoms with Crippen LogP contribution in [0.4, 0.5) is 0 Å². The van der Waals surface area contributed by atoms with Crippen molar-refractivity contribution in [2.75, 3.05) is 32.7 Å². The molecule has 1 fully saturated rings. The molecule has 12 heavy (non-hydrogen) atoms. The Bertz CT molecular complexity index is 146. The van der Waals surface area contributed by atoms with Crippen LogP contribution in [0.2, 0.25) is 0 Å². The minimum Gasteiger partial charge on any atom is -0.411 e. The molecule has 0 atom stereocenters. The molecule has 0 spiro atoms.